The number of pyridine rings is 1. The van der Waals surface area contributed by atoms with Gasteiger partial charge in [-0.05, 0) is 32.4 Å². The summed E-state index contributed by atoms with van der Waals surface area (Å²) in [6.07, 6.45) is 1.26. The highest BCUT2D eigenvalue weighted by molar-refractivity contribution is 5.74. The van der Waals surface area contributed by atoms with Crippen molar-refractivity contribution in [1.82, 2.24) is 15.6 Å². The summed E-state index contributed by atoms with van der Waals surface area (Å²) in [6.45, 7) is 8.76. The largest absolute Gasteiger partial charge is 0.375 e. The number of amides is 2. The van der Waals surface area contributed by atoms with Crippen LogP contribution in [-0.2, 0) is 11.3 Å². The summed E-state index contributed by atoms with van der Waals surface area (Å²) in [4.78, 5) is 18.6. The number of rotatable bonds is 6. The van der Waals surface area contributed by atoms with Crippen LogP contribution in [0.25, 0.3) is 0 Å². The highest BCUT2D eigenvalue weighted by Gasteiger charge is 2.50. The van der Waals surface area contributed by atoms with Crippen LogP contribution in [0.3, 0.4) is 0 Å². The van der Waals surface area contributed by atoms with E-state index in [0.717, 1.165) is 17.9 Å². The third kappa shape index (κ3) is 4.38. The van der Waals surface area contributed by atoms with Gasteiger partial charge in [-0.1, -0.05) is 19.9 Å². The maximum absolute atomic E-state index is 12.2. The highest BCUT2D eigenvalue weighted by atomic mass is 16.5. The first kappa shape index (κ1) is 18.5. The van der Waals surface area contributed by atoms with Gasteiger partial charge < -0.3 is 20.3 Å². The second-order valence-corrected chi connectivity index (χ2v) is 7.49. The maximum atomic E-state index is 12.2. The van der Waals surface area contributed by atoms with Crippen LogP contribution in [-0.4, -0.2) is 43.4 Å². The third-order valence-corrected chi connectivity index (χ3v) is 4.60. The Morgan fingerprint density at radius 1 is 1.42 bits per heavy atom. The van der Waals surface area contributed by atoms with Crippen LogP contribution in [0.2, 0.25) is 0 Å². The molecule has 1 aromatic rings. The first-order chi connectivity index (χ1) is 11.2. The maximum Gasteiger partial charge on any atom is 0.315 e. The molecule has 134 valence electrons. The fourth-order valence-corrected chi connectivity index (χ4v) is 2.88. The van der Waals surface area contributed by atoms with E-state index in [4.69, 9.17) is 4.74 Å². The number of carbonyl (C=O) groups is 1. The van der Waals surface area contributed by atoms with E-state index < -0.39 is 0 Å². The molecule has 2 N–H and O–H groups in total. The van der Waals surface area contributed by atoms with Gasteiger partial charge in [0, 0.05) is 25.6 Å². The summed E-state index contributed by atoms with van der Waals surface area (Å²) in [6, 6.07) is 5.76. The zero-order valence-electron chi connectivity index (χ0n) is 15.6. The molecule has 1 aromatic heterocycles. The minimum absolute atomic E-state index is 0.0509. The van der Waals surface area contributed by atoms with E-state index in [1.54, 1.807) is 0 Å². The van der Waals surface area contributed by atoms with Crippen molar-refractivity contribution >= 4 is 11.8 Å². The van der Waals surface area contributed by atoms with Gasteiger partial charge in [-0.3, -0.25) is 0 Å². The van der Waals surface area contributed by atoms with Crippen LogP contribution >= 0.6 is 0 Å². The Kier molecular flexibility index (Phi) is 5.70. The molecule has 0 aromatic carbocycles. The molecule has 1 heterocycles. The lowest BCUT2D eigenvalue weighted by atomic mass is 9.64. The number of carbonyl (C=O) groups excluding carboxylic acids is 1. The quantitative estimate of drug-likeness (QED) is 0.839. The van der Waals surface area contributed by atoms with Crippen molar-refractivity contribution in [3.63, 3.8) is 0 Å². The van der Waals surface area contributed by atoms with E-state index >= 15 is 0 Å². The molecule has 1 aliphatic rings. The fraction of sp³-hybridized carbons (Fsp3) is 0.667. The van der Waals surface area contributed by atoms with Gasteiger partial charge in [0.1, 0.15) is 5.82 Å². The van der Waals surface area contributed by atoms with Crippen molar-refractivity contribution in [2.45, 2.75) is 58.9 Å². The molecule has 0 aliphatic heterocycles. The SMILES string of the molecule is CC(C)OC1CC(NC(=O)NCc2cccc(N(C)C)n2)C1(C)C. The van der Waals surface area contributed by atoms with Crippen molar-refractivity contribution in [2.75, 3.05) is 19.0 Å². The summed E-state index contributed by atoms with van der Waals surface area (Å²) < 4.78 is 5.89. The Bertz CT molecular complexity index is 572. The molecule has 6 heteroatoms. The van der Waals surface area contributed by atoms with E-state index in [1.165, 1.54) is 0 Å². The smallest absolute Gasteiger partial charge is 0.315 e. The minimum Gasteiger partial charge on any atom is -0.375 e. The summed E-state index contributed by atoms with van der Waals surface area (Å²) in [7, 11) is 3.89. The Morgan fingerprint density at radius 3 is 2.71 bits per heavy atom. The van der Waals surface area contributed by atoms with Crippen LogP contribution < -0.4 is 15.5 Å². The molecule has 2 rings (SSSR count). The molecule has 2 atom stereocenters. The third-order valence-electron chi connectivity index (χ3n) is 4.60. The average molecular weight is 334 g/mol. The molecule has 2 amide bonds. The van der Waals surface area contributed by atoms with Crippen LogP contribution in [0.1, 0.15) is 39.8 Å². The first-order valence-corrected chi connectivity index (χ1v) is 8.53. The molecule has 24 heavy (non-hydrogen) atoms. The lowest BCUT2D eigenvalue weighted by Gasteiger charge is -2.52. The molecule has 1 fully saturated rings. The van der Waals surface area contributed by atoms with Gasteiger partial charge in [0.2, 0.25) is 0 Å². The molecular weight excluding hydrogens is 304 g/mol. The molecule has 0 spiro atoms. The molecule has 6 nitrogen and oxygen atoms in total. The fourth-order valence-electron chi connectivity index (χ4n) is 2.88. The van der Waals surface area contributed by atoms with E-state index in [1.807, 2.05) is 51.0 Å². The normalized spacial score (nSPS) is 22.0. The number of nitrogens with one attached hydrogen (secondary N) is 2. The number of hydrogen-bond acceptors (Lipinski definition) is 4. The van der Waals surface area contributed by atoms with Gasteiger partial charge in [0.15, 0.2) is 0 Å². The average Bonchev–Trinajstić information content (AvgIpc) is 2.52. The van der Waals surface area contributed by atoms with Crippen molar-refractivity contribution in [3.8, 4) is 0 Å². The zero-order valence-corrected chi connectivity index (χ0v) is 15.6. The summed E-state index contributed by atoms with van der Waals surface area (Å²) >= 11 is 0. The summed E-state index contributed by atoms with van der Waals surface area (Å²) in [5.41, 5.74) is 0.787. The number of hydrogen-bond donors (Lipinski definition) is 2. The second-order valence-electron chi connectivity index (χ2n) is 7.49. The van der Waals surface area contributed by atoms with E-state index in [2.05, 4.69) is 29.5 Å². The van der Waals surface area contributed by atoms with Crippen LogP contribution in [0.15, 0.2) is 18.2 Å². The number of aromatic nitrogens is 1. The molecular formula is C18H30N4O2. The van der Waals surface area contributed by atoms with Gasteiger partial charge >= 0.3 is 6.03 Å². The van der Waals surface area contributed by atoms with Crippen molar-refractivity contribution in [3.05, 3.63) is 23.9 Å². The van der Waals surface area contributed by atoms with Gasteiger partial charge in [0.05, 0.1) is 24.4 Å². The summed E-state index contributed by atoms with van der Waals surface area (Å²) in [5.74, 6) is 0.878. The van der Waals surface area contributed by atoms with E-state index in [-0.39, 0.29) is 29.7 Å². The predicted octanol–water partition coefficient (Wildman–Crippen LogP) is 2.54. The number of urea groups is 1. The monoisotopic (exact) mass is 334 g/mol. The van der Waals surface area contributed by atoms with Crippen LogP contribution in [0, 0.1) is 5.41 Å². The molecule has 1 aliphatic carbocycles. The number of anilines is 1. The molecule has 2 unspecified atom stereocenters. The first-order valence-electron chi connectivity index (χ1n) is 8.53. The van der Waals surface area contributed by atoms with Gasteiger partial charge in [-0.15, -0.1) is 0 Å². The van der Waals surface area contributed by atoms with Crippen molar-refractivity contribution in [1.29, 1.82) is 0 Å². The molecule has 0 radical (unpaired) electrons. The van der Waals surface area contributed by atoms with Crippen LogP contribution in [0.4, 0.5) is 10.6 Å². The molecule has 1 saturated carbocycles. The van der Waals surface area contributed by atoms with Gasteiger partial charge in [0.25, 0.3) is 0 Å². The predicted molar refractivity (Wildman–Crippen MR) is 96.1 cm³/mol. The molecule has 0 saturated heterocycles. The van der Waals surface area contributed by atoms with Crippen LogP contribution in [0.5, 0.6) is 0 Å². The zero-order chi connectivity index (χ0) is 17.9. The van der Waals surface area contributed by atoms with Gasteiger partial charge in [-0.25, -0.2) is 9.78 Å². The number of nitrogens with zero attached hydrogens (tertiary/aromatic N) is 2. The Hall–Kier alpha value is -1.82. The van der Waals surface area contributed by atoms with Crippen molar-refractivity contribution in [2.24, 2.45) is 5.41 Å². The topological polar surface area (TPSA) is 66.5 Å². The van der Waals surface area contributed by atoms with Crippen molar-refractivity contribution < 1.29 is 9.53 Å². The number of ether oxygens (including phenoxy) is 1. The minimum atomic E-state index is -0.159. The van der Waals surface area contributed by atoms with E-state index in [9.17, 15) is 4.79 Å². The lowest BCUT2D eigenvalue weighted by Crippen LogP contribution is -2.63. The Morgan fingerprint density at radius 2 is 2.12 bits per heavy atom. The standard InChI is InChI=1S/C18H30N4O2/c1-12(2)24-15-10-14(18(15,3)4)21-17(23)19-11-13-8-7-9-16(20-13)22(5)6/h7-9,12,14-15H,10-11H2,1-6H3,(H2,19,21,23). The Labute approximate surface area is 145 Å². The second kappa shape index (κ2) is 7.38. The summed E-state index contributed by atoms with van der Waals surface area (Å²) in [5, 5.41) is 5.93. The van der Waals surface area contributed by atoms with E-state index in [0.29, 0.717) is 6.54 Å². The lowest BCUT2D eigenvalue weighted by molar-refractivity contribution is -0.135. The molecule has 0 bridgehead atoms. The highest BCUT2D eigenvalue weighted by Crippen LogP contribution is 2.43. The van der Waals surface area contributed by atoms with Gasteiger partial charge in [-0.2, -0.15) is 0 Å². The Balaban J connectivity index is 1.81.